The lowest BCUT2D eigenvalue weighted by Crippen LogP contribution is -2.20. The largest absolute Gasteiger partial charge is 0.310 e. The van der Waals surface area contributed by atoms with E-state index in [0.29, 0.717) is 29.7 Å². The fourth-order valence-corrected chi connectivity index (χ4v) is 2.75. The number of amides is 1. The first-order valence-electron chi connectivity index (χ1n) is 7.61. The number of carbonyl (C=O) groups excluding carboxylic acids is 1. The van der Waals surface area contributed by atoms with Gasteiger partial charge in [0.05, 0.1) is 11.0 Å². The highest BCUT2D eigenvalue weighted by Gasteiger charge is 2.17. The zero-order chi connectivity index (χ0) is 16.7. The second-order valence-corrected chi connectivity index (χ2v) is 5.38. The van der Waals surface area contributed by atoms with Crippen molar-refractivity contribution in [1.82, 2.24) is 29.1 Å². The number of anilines is 1. The Morgan fingerprint density at radius 1 is 1.25 bits per heavy atom. The summed E-state index contributed by atoms with van der Waals surface area (Å²) in [6, 6.07) is 9.45. The molecule has 1 N–H and O–H groups in total. The van der Waals surface area contributed by atoms with Crippen LogP contribution in [-0.2, 0) is 6.54 Å². The summed E-state index contributed by atoms with van der Waals surface area (Å²) in [6.45, 7) is 4.52. The molecule has 0 saturated carbocycles. The van der Waals surface area contributed by atoms with E-state index in [9.17, 15) is 4.79 Å². The molecule has 120 valence electrons. The SMILES string of the molecule is CCn1c(NC(=O)c2cc(C)nc3ncnn23)nc2ccccc21. The molecule has 8 heteroatoms. The van der Waals surface area contributed by atoms with Crippen LogP contribution in [0.25, 0.3) is 16.8 Å². The Kier molecular flexibility index (Phi) is 3.23. The van der Waals surface area contributed by atoms with Gasteiger partial charge in [-0.05, 0) is 32.0 Å². The minimum absolute atomic E-state index is 0.305. The van der Waals surface area contributed by atoms with Gasteiger partial charge in [-0.2, -0.15) is 14.6 Å². The number of benzene rings is 1. The van der Waals surface area contributed by atoms with E-state index in [1.807, 2.05) is 42.7 Å². The van der Waals surface area contributed by atoms with E-state index in [-0.39, 0.29) is 5.91 Å². The number of hydrogen-bond donors (Lipinski definition) is 1. The summed E-state index contributed by atoms with van der Waals surface area (Å²) in [4.78, 5) is 25.5. The molecule has 0 fully saturated rings. The molecule has 0 aliphatic heterocycles. The number of carbonyl (C=O) groups is 1. The van der Waals surface area contributed by atoms with Crippen LogP contribution >= 0.6 is 0 Å². The molecular weight excluding hydrogens is 306 g/mol. The molecular formula is C16H15N7O. The Balaban J connectivity index is 1.77. The summed E-state index contributed by atoms with van der Waals surface area (Å²) >= 11 is 0. The summed E-state index contributed by atoms with van der Waals surface area (Å²) < 4.78 is 3.38. The van der Waals surface area contributed by atoms with Gasteiger partial charge in [-0.15, -0.1) is 0 Å². The molecule has 0 radical (unpaired) electrons. The molecule has 0 unspecified atom stereocenters. The maximum absolute atomic E-state index is 12.7. The van der Waals surface area contributed by atoms with Gasteiger partial charge in [-0.1, -0.05) is 12.1 Å². The van der Waals surface area contributed by atoms with Crippen LogP contribution in [0.4, 0.5) is 5.95 Å². The van der Waals surface area contributed by atoms with Gasteiger partial charge in [0, 0.05) is 12.2 Å². The van der Waals surface area contributed by atoms with Gasteiger partial charge in [0.2, 0.25) is 5.95 Å². The van der Waals surface area contributed by atoms with Crippen molar-refractivity contribution in [2.24, 2.45) is 0 Å². The van der Waals surface area contributed by atoms with Crippen molar-refractivity contribution in [3.05, 3.63) is 48.0 Å². The highest BCUT2D eigenvalue weighted by atomic mass is 16.2. The molecule has 3 heterocycles. The number of rotatable bonds is 3. The van der Waals surface area contributed by atoms with E-state index in [1.54, 1.807) is 6.07 Å². The lowest BCUT2D eigenvalue weighted by molar-refractivity contribution is 0.101. The third kappa shape index (κ3) is 2.19. The molecule has 24 heavy (non-hydrogen) atoms. The second kappa shape index (κ2) is 5.41. The summed E-state index contributed by atoms with van der Waals surface area (Å²) in [6.07, 6.45) is 1.37. The van der Waals surface area contributed by atoms with E-state index in [1.165, 1.54) is 10.8 Å². The third-order valence-corrected chi connectivity index (χ3v) is 3.81. The molecule has 0 atom stereocenters. The molecule has 4 rings (SSSR count). The summed E-state index contributed by atoms with van der Waals surface area (Å²) in [7, 11) is 0. The predicted octanol–water partition coefficient (Wildman–Crippen LogP) is 2.05. The summed E-state index contributed by atoms with van der Waals surface area (Å²) in [5, 5.41) is 6.94. The van der Waals surface area contributed by atoms with Gasteiger partial charge >= 0.3 is 0 Å². The van der Waals surface area contributed by atoms with E-state index in [4.69, 9.17) is 0 Å². The molecule has 0 aliphatic rings. The van der Waals surface area contributed by atoms with E-state index >= 15 is 0 Å². The Hall–Kier alpha value is -3.29. The van der Waals surface area contributed by atoms with Crippen molar-refractivity contribution in [2.45, 2.75) is 20.4 Å². The monoisotopic (exact) mass is 321 g/mol. The third-order valence-electron chi connectivity index (χ3n) is 3.81. The Morgan fingerprint density at radius 3 is 2.92 bits per heavy atom. The second-order valence-electron chi connectivity index (χ2n) is 5.38. The summed E-state index contributed by atoms with van der Waals surface area (Å²) in [5.41, 5.74) is 2.88. The van der Waals surface area contributed by atoms with Crippen LogP contribution in [0.3, 0.4) is 0 Å². The van der Waals surface area contributed by atoms with Crippen molar-refractivity contribution in [2.75, 3.05) is 5.32 Å². The molecule has 0 saturated heterocycles. The van der Waals surface area contributed by atoms with E-state index in [2.05, 4.69) is 25.4 Å². The van der Waals surface area contributed by atoms with Crippen molar-refractivity contribution >= 4 is 28.7 Å². The Bertz CT molecular complexity index is 1060. The van der Waals surface area contributed by atoms with Crippen LogP contribution in [0.5, 0.6) is 0 Å². The molecule has 0 spiro atoms. The topological polar surface area (TPSA) is 90.0 Å². The van der Waals surface area contributed by atoms with Crippen LogP contribution in [0.1, 0.15) is 23.1 Å². The standard InChI is InChI=1S/C16H15N7O/c1-3-22-12-7-5-4-6-11(12)20-16(22)21-14(24)13-8-10(2)19-15-17-9-18-23(13)15/h4-9H,3H2,1-2H3,(H,20,21,24). The van der Waals surface area contributed by atoms with Crippen LogP contribution < -0.4 is 5.32 Å². The highest BCUT2D eigenvalue weighted by Crippen LogP contribution is 2.20. The van der Waals surface area contributed by atoms with Crippen LogP contribution in [0.2, 0.25) is 0 Å². The fourth-order valence-electron chi connectivity index (χ4n) is 2.75. The minimum Gasteiger partial charge on any atom is -0.310 e. The molecule has 3 aromatic heterocycles. The quantitative estimate of drug-likeness (QED) is 0.624. The molecule has 0 bridgehead atoms. The maximum Gasteiger partial charge on any atom is 0.276 e. The van der Waals surface area contributed by atoms with Crippen LogP contribution in [0.15, 0.2) is 36.7 Å². The summed E-state index contributed by atoms with van der Waals surface area (Å²) in [5.74, 6) is 0.594. The Labute approximate surface area is 137 Å². The van der Waals surface area contributed by atoms with Crippen molar-refractivity contribution in [3.8, 4) is 0 Å². The molecule has 0 aliphatic carbocycles. The first-order valence-corrected chi connectivity index (χ1v) is 7.61. The number of nitrogens with one attached hydrogen (secondary N) is 1. The average molecular weight is 321 g/mol. The van der Waals surface area contributed by atoms with Gasteiger partial charge in [-0.3, -0.25) is 10.1 Å². The number of aromatic nitrogens is 6. The number of aryl methyl sites for hydroxylation is 2. The highest BCUT2D eigenvalue weighted by molar-refractivity contribution is 6.03. The first-order chi connectivity index (χ1) is 11.7. The number of para-hydroxylation sites is 2. The first kappa shape index (κ1) is 14.3. The minimum atomic E-state index is -0.305. The van der Waals surface area contributed by atoms with Gasteiger partial charge in [0.1, 0.15) is 12.0 Å². The van der Waals surface area contributed by atoms with Crippen LogP contribution in [0, 0.1) is 6.92 Å². The smallest absolute Gasteiger partial charge is 0.276 e. The fraction of sp³-hybridized carbons (Fsp3) is 0.188. The zero-order valence-corrected chi connectivity index (χ0v) is 13.3. The van der Waals surface area contributed by atoms with Crippen LogP contribution in [-0.4, -0.2) is 35.0 Å². The molecule has 1 amide bonds. The molecule has 1 aromatic carbocycles. The Morgan fingerprint density at radius 2 is 2.08 bits per heavy atom. The number of hydrogen-bond acceptors (Lipinski definition) is 5. The van der Waals surface area contributed by atoms with Crippen molar-refractivity contribution in [3.63, 3.8) is 0 Å². The zero-order valence-electron chi connectivity index (χ0n) is 13.3. The van der Waals surface area contributed by atoms with E-state index in [0.717, 1.165) is 11.0 Å². The van der Waals surface area contributed by atoms with Gasteiger partial charge in [0.25, 0.3) is 11.7 Å². The van der Waals surface area contributed by atoms with Crippen molar-refractivity contribution < 1.29 is 4.79 Å². The molecule has 4 aromatic rings. The van der Waals surface area contributed by atoms with Gasteiger partial charge in [-0.25, -0.2) is 9.97 Å². The molecule has 8 nitrogen and oxygen atoms in total. The predicted molar refractivity (Wildman–Crippen MR) is 88.9 cm³/mol. The van der Waals surface area contributed by atoms with Crippen molar-refractivity contribution in [1.29, 1.82) is 0 Å². The van der Waals surface area contributed by atoms with Gasteiger partial charge < -0.3 is 4.57 Å². The van der Waals surface area contributed by atoms with E-state index < -0.39 is 0 Å². The number of nitrogens with zero attached hydrogens (tertiary/aromatic N) is 6. The van der Waals surface area contributed by atoms with Gasteiger partial charge in [0.15, 0.2) is 0 Å². The average Bonchev–Trinajstić information content (AvgIpc) is 3.17. The normalized spacial score (nSPS) is 11.2. The lowest BCUT2D eigenvalue weighted by Gasteiger charge is -2.08. The number of fused-ring (bicyclic) bond motifs is 2. The maximum atomic E-state index is 12.7. The number of imidazole rings is 1. The lowest BCUT2D eigenvalue weighted by atomic mass is 10.3.